The number of hydrogen-bond acceptors (Lipinski definition) is 5. The first-order valence-corrected chi connectivity index (χ1v) is 8.83. The van der Waals surface area contributed by atoms with Gasteiger partial charge in [-0.15, -0.1) is 0 Å². The second kappa shape index (κ2) is 6.35. The van der Waals surface area contributed by atoms with Gasteiger partial charge >= 0.3 is 0 Å². The molecule has 6 heteroatoms. The summed E-state index contributed by atoms with van der Waals surface area (Å²) in [6.45, 7) is 7.28. The number of aromatic nitrogens is 2. The van der Waals surface area contributed by atoms with Crippen LogP contribution in [0.25, 0.3) is 0 Å². The van der Waals surface area contributed by atoms with Crippen molar-refractivity contribution >= 4 is 23.7 Å². The van der Waals surface area contributed by atoms with E-state index in [1.165, 1.54) is 11.3 Å². The monoisotopic (exact) mass is 337 g/mol. The van der Waals surface area contributed by atoms with E-state index in [4.69, 9.17) is 4.98 Å². The van der Waals surface area contributed by atoms with Crippen molar-refractivity contribution < 1.29 is 4.79 Å². The van der Waals surface area contributed by atoms with Crippen LogP contribution >= 0.6 is 0 Å². The van der Waals surface area contributed by atoms with Gasteiger partial charge in [0.25, 0.3) is 0 Å². The van der Waals surface area contributed by atoms with E-state index in [1.807, 2.05) is 11.8 Å². The molecule has 0 spiro atoms. The Kier molecular flexibility index (Phi) is 4.03. The first-order valence-electron chi connectivity index (χ1n) is 8.83. The van der Waals surface area contributed by atoms with Crippen LogP contribution in [0.4, 0.5) is 17.3 Å². The van der Waals surface area contributed by atoms with Crippen LogP contribution in [-0.4, -0.2) is 53.5 Å². The minimum Gasteiger partial charge on any atom is -0.353 e. The first kappa shape index (κ1) is 15.9. The second-order valence-corrected chi connectivity index (χ2v) is 6.81. The topological polar surface area (TPSA) is 52.6 Å². The molecule has 6 nitrogen and oxygen atoms in total. The zero-order valence-electron chi connectivity index (χ0n) is 14.7. The lowest BCUT2D eigenvalue weighted by Crippen LogP contribution is -2.46. The molecule has 1 amide bonds. The third kappa shape index (κ3) is 2.92. The van der Waals surface area contributed by atoms with Crippen molar-refractivity contribution in [3.8, 4) is 0 Å². The predicted octanol–water partition coefficient (Wildman–Crippen LogP) is 2.15. The molecule has 0 N–H and O–H groups in total. The molecule has 1 fully saturated rings. The lowest BCUT2D eigenvalue weighted by atomic mass is 10.1. The molecule has 1 unspecified atom stereocenters. The Balaban J connectivity index is 1.66. The number of carbonyl (C=O) groups is 1. The maximum atomic E-state index is 10.9. The van der Waals surface area contributed by atoms with E-state index in [-0.39, 0.29) is 0 Å². The molecule has 2 aromatic rings. The van der Waals surface area contributed by atoms with Gasteiger partial charge in [0.15, 0.2) is 0 Å². The molecule has 3 heterocycles. The second-order valence-electron chi connectivity index (χ2n) is 6.81. The number of para-hydroxylation sites is 1. The first-order chi connectivity index (χ1) is 12.2. The summed E-state index contributed by atoms with van der Waals surface area (Å²) in [5, 5.41) is 0. The fourth-order valence-corrected chi connectivity index (χ4v) is 3.79. The maximum absolute atomic E-state index is 10.9. The fraction of sp³-hybridized carbons (Fsp3) is 0.421. The van der Waals surface area contributed by atoms with Crippen molar-refractivity contribution in [3.63, 3.8) is 0 Å². The van der Waals surface area contributed by atoms with Crippen LogP contribution in [0, 0.1) is 6.92 Å². The third-order valence-electron chi connectivity index (χ3n) is 5.05. The maximum Gasteiger partial charge on any atom is 0.209 e. The van der Waals surface area contributed by atoms with Crippen molar-refractivity contribution in [1.29, 1.82) is 0 Å². The molecular weight excluding hydrogens is 314 g/mol. The lowest BCUT2D eigenvalue weighted by molar-refractivity contribution is -0.118. The summed E-state index contributed by atoms with van der Waals surface area (Å²) in [4.78, 5) is 26.6. The smallest absolute Gasteiger partial charge is 0.209 e. The summed E-state index contributed by atoms with van der Waals surface area (Å²) >= 11 is 0. The van der Waals surface area contributed by atoms with Gasteiger partial charge in [0, 0.05) is 44.0 Å². The minimum atomic E-state index is 0.381. The lowest BCUT2D eigenvalue weighted by Gasteiger charge is -2.34. The van der Waals surface area contributed by atoms with Crippen LogP contribution in [0.3, 0.4) is 0 Å². The van der Waals surface area contributed by atoms with E-state index in [2.05, 4.69) is 52.0 Å². The number of anilines is 3. The van der Waals surface area contributed by atoms with Gasteiger partial charge in [0.2, 0.25) is 6.41 Å². The standard InChI is InChI=1S/C19H23N5O/c1-14-11-16-5-3-4-6-17(16)24(14)19-12-18(20-15(2)21-19)23-9-7-22(13-25)8-10-23/h3-6,12-14H,7-11H2,1-2H3. The van der Waals surface area contributed by atoms with Crippen LogP contribution in [0.15, 0.2) is 30.3 Å². The highest BCUT2D eigenvalue weighted by Gasteiger charge is 2.29. The third-order valence-corrected chi connectivity index (χ3v) is 5.05. The molecular formula is C19H23N5O. The van der Waals surface area contributed by atoms with Gasteiger partial charge in [-0.3, -0.25) is 4.79 Å². The quantitative estimate of drug-likeness (QED) is 0.803. The molecule has 0 radical (unpaired) electrons. The zero-order chi connectivity index (χ0) is 17.4. The van der Waals surface area contributed by atoms with Crippen LogP contribution in [0.2, 0.25) is 0 Å². The molecule has 130 valence electrons. The van der Waals surface area contributed by atoms with Gasteiger partial charge in [-0.05, 0) is 31.9 Å². The molecule has 1 aromatic heterocycles. The Morgan fingerprint density at radius 2 is 1.80 bits per heavy atom. The Hall–Kier alpha value is -2.63. The average Bonchev–Trinajstić information content (AvgIpc) is 2.97. The van der Waals surface area contributed by atoms with Crippen LogP contribution < -0.4 is 9.80 Å². The molecule has 4 rings (SSSR count). The number of aryl methyl sites for hydroxylation is 1. The Morgan fingerprint density at radius 3 is 2.56 bits per heavy atom. The van der Waals surface area contributed by atoms with E-state index in [0.29, 0.717) is 6.04 Å². The predicted molar refractivity (Wildman–Crippen MR) is 98.4 cm³/mol. The number of fused-ring (bicyclic) bond motifs is 1. The Bertz CT molecular complexity index is 785. The van der Waals surface area contributed by atoms with E-state index in [1.54, 1.807) is 0 Å². The van der Waals surface area contributed by atoms with E-state index in [9.17, 15) is 4.79 Å². The molecule has 2 aliphatic rings. The normalized spacial score (nSPS) is 19.9. The number of benzene rings is 1. The van der Waals surface area contributed by atoms with Crippen molar-refractivity contribution in [2.45, 2.75) is 26.3 Å². The average molecular weight is 337 g/mol. The fourth-order valence-electron chi connectivity index (χ4n) is 3.79. The van der Waals surface area contributed by atoms with E-state index >= 15 is 0 Å². The molecule has 2 aliphatic heterocycles. The van der Waals surface area contributed by atoms with Crippen molar-refractivity contribution in [2.75, 3.05) is 36.0 Å². The van der Waals surface area contributed by atoms with Gasteiger partial charge in [-0.25, -0.2) is 9.97 Å². The van der Waals surface area contributed by atoms with Gasteiger partial charge in [0.1, 0.15) is 17.5 Å². The SMILES string of the molecule is Cc1nc(N2CCN(C=O)CC2)cc(N2c3ccccc3CC2C)n1. The molecule has 1 atom stereocenters. The number of amides is 1. The summed E-state index contributed by atoms with van der Waals surface area (Å²) < 4.78 is 0. The number of piperazine rings is 1. The number of rotatable bonds is 3. The molecule has 1 aromatic carbocycles. The Morgan fingerprint density at radius 1 is 1.08 bits per heavy atom. The number of carbonyl (C=O) groups excluding carboxylic acids is 1. The van der Waals surface area contributed by atoms with Crippen molar-refractivity contribution in [1.82, 2.24) is 14.9 Å². The van der Waals surface area contributed by atoms with Crippen LogP contribution in [-0.2, 0) is 11.2 Å². The van der Waals surface area contributed by atoms with Crippen molar-refractivity contribution in [2.24, 2.45) is 0 Å². The highest BCUT2D eigenvalue weighted by molar-refractivity contribution is 5.70. The van der Waals surface area contributed by atoms with Crippen LogP contribution in [0.5, 0.6) is 0 Å². The summed E-state index contributed by atoms with van der Waals surface area (Å²) in [6.07, 6.45) is 1.96. The minimum absolute atomic E-state index is 0.381. The van der Waals surface area contributed by atoms with Crippen molar-refractivity contribution in [3.05, 3.63) is 41.7 Å². The Labute approximate surface area is 148 Å². The van der Waals surface area contributed by atoms with Gasteiger partial charge in [-0.2, -0.15) is 0 Å². The number of hydrogen-bond donors (Lipinski definition) is 0. The molecule has 1 saturated heterocycles. The summed E-state index contributed by atoms with van der Waals surface area (Å²) in [5.41, 5.74) is 2.61. The van der Waals surface area contributed by atoms with E-state index < -0.39 is 0 Å². The molecule has 0 bridgehead atoms. The molecule has 25 heavy (non-hydrogen) atoms. The van der Waals surface area contributed by atoms with Crippen LogP contribution in [0.1, 0.15) is 18.3 Å². The number of nitrogens with zero attached hydrogens (tertiary/aromatic N) is 5. The summed E-state index contributed by atoms with van der Waals surface area (Å²) in [6, 6.07) is 11.0. The molecule has 0 saturated carbocycles. The van der Waals surface area contributed by atoms with Gasteiger partial charge in [0.05, 0.1) is 0 Å². The summed E-state index contributed by atoms with van der Waals surface area (Å²) in [5.74, 6) is 2.68. The molecule has 0 aliphatic carbocycles. The van der Waals surface area contributed by atoms with Gasteiger partial charge < -0.3 is 14.7 Å². The van der Waals surface area contributed by atoms with E-state index in [0.717, 1.165) is 56.5 Å². The largest absolute Gasteiger partial charge is 0.353 e. The van der Waals surface area contributed by atoms with Gasteiger partial charge in [-0.1, -0.05) is 18.2 Å². The summed E-state index contributed by atoms with van der Waals surface area (Å²) in [7, 11) is 0. The zero-order valence-corrected chi connectivity index (χ0v) is 14.7. The highest BCUT2D eigenvalue weighted by Crippen LogP contribution is 2.38. The highest BCUT2D eigenvalue weighted by atomic mass is 16.1.